The molecule has 2 heteroatoms. The second kappa shape index (κ2) is 6.40. The van der Waals surface area contributed by atoms with Crippen LogP contribution in [0.15, 0.2) is 0 Å². The molecule has 10 heavy (non-hydrogen) atoms. The molecule has 1 aliphatic rings. The Morgan fingerprint density at radius 3 is 1.20 bits per heavy atom. The SMILES string of the molecule is CC1CCC(C)CC1.I.O. The van der Waals surface area contributed by atoms with Crippen LogP contribution in [0.5, 0.6) is 0 Å². The summed E-state index contributed by atoms with van der Waals surface area (Å²) in [5.74, 6) is 2.04. The summed E-state index contributed by atoms with van der Waals surface area (Å²) in [6.07, 6.45) is 5.89. The van der Waals surface area contributed by atoms with Gasteiger partial charge in [-0.1, -0.05) is 39.5 Å². The van der Waals surface area contributed by atoms with Crippen molar-refractivity contribution in [2.45, 2.75) is 39.5 Å². The summed E-state index contributed by atoms with van der Waals surface area (Å²) < 4.78 is 0. The molecule has 0 spiro atoms. The van der Waals surface area contributed by atoms with E-state index in [2.05, 4.69) is 13.8 Å². The van der Waals surface area contributed by atoms with Gasteiger partial charge in [0.15, 0.2) is 0 Å². The number of hydrogen-bond acceptors (Lipinski definition) is 0. The van der Waals surface area contributed by atoms with E-state index in [0.717, 1.165) is 11.8 Å². The van der Waals surface area contributed by atoms with E-state index in [0.29, 0.717) is 0 Å². The summed E-state index contributed by atoms with van der Waals surface area (Å²) in [6, 6.07) is 0. The fraction of sp³-hybridized carbons (Fsp3) is 1.00. The molecule has 1 fully saturated rings. The molecule has 64 valence electrons. The van der Waals surface area contributed by atoms with E-state index < -0.39 is 0 Å². The number of hydrogen-bond donors (Lipinski definition) is 0. The van der Waals surface area contributed by atoms with Crippen LogP contribution in [0.4, 0.5) is 0 Å². The maximum atomic E-state index is 2.37. The van der Waals surface area contributed by atoms with Crippen LogP contribution < -0.4 is 0 Å². The second-order valence-corrected chi connectivity index (χ2v) is 3.37. The largest absolute Gasteiger partial charge is 0.412 e. The van der Waals surface area contributed by atoms with Gasteiger partial charge in [-0.25, -0.2) is 0 Å². The van der Waals surface area contributed by atoms with Crippen LogP contribution in [0.3, 0.4) is 0 Å². The normalized spacial score (nSPS) is 31.8. The molecule has 0 aromatic rings. The maximum absolute atomic E-state index is 2.37. The Morgan fingerprint density at radius 2 is 1.00 bits per heavy atom. The number of halogens is 1. The highest BCUT2D eigenvalue weighted by Crippen LogP contribution is 2.27. The molecule has 1 saturated carbocycles. The lowest BCUT2D eigenvalue weighted by Crippen LogP contribution is -2.08. The molecule has 0 aromatic carbocycles. The molecule has 0 aromatic heterocycles. The van der Waals surface area contributed by atoms with E-state index in [1.165, 1.54) is 25.7 Å². The van der Waals surface area contributed by atoms with Gasteiger partial charge in [0, 0.05) is 0 Å². The number of rotatable bonds is 0. The van der Waals surface area contributed by atoms with E-state index in [1.54, 1.807) is 0 Å². The van der Waals surface area contributed by atoms with Gasteiger partial charge in [-0.15, -0.1) is 24.0 Å². The highest BCUT2D eigenvalue weighted by atomic mass is 127. The van der Waals surface area contributed by atoms with Crippen LogP contribution in [0.25, 0.3) is 0 Å². The van der Waals surface area contributed by atoms with Crippen LogP contribution in [-0.2, 0) is 0 Å². The minimum Gasteiger partial charge on any atom is -0.412 e. The van der Waals surface area contributed by atoms with Crippen LogP contribution in [-0.4, -0.2) is 5.48 Å². The molecule has 0 heterocycles. The quantitative estimate of drug-likeness (QED) is 0.598. The molecular formula is C8H19IO. The van der Waals surface area contributed by atoms with E-state index in [1.807, 2.05) is 0 Å². The van der Waals surface area contributed by atoms with E-state index in [4.69, 9.17) is 0 Å². The van der Waals surface area contributed by atoms with Crippen molar-refractivity contribution in [3.8, 4) is 0 Å². The molecule has 0 unspecified atom stereocenters. The van der Waals surface area contributed by atoms with Crippen LogP contribution in [0.1, 0.15) is 39.5 Å². The van der Waals surface area contributed by atoms with Gasteiger partial charge in [-0.3, -0.25) is 0 Å². The predicted molar refractivity (Wildman–Crippen MR) is 55.8 cm³/mol. The van der Waals surface area contributed by atoms with Crippen molar-refractivity contribution in [1.29, 1.82) is 0 Å². The lowest BCUT2D eigenvalue weighted by Gasteiger charge is -2.22. The average molecular weight is 258 g/mol. The summed E-state index contributed by atoms with van der Waals surface area (Å²) in [5.41, 5.74) is 0. The lowest BCUT2D eigenvalue weighted by molar-refractivity contribution is 0.308. The van der Waals surface area contributed by atoms with E-state index >= 15 is 0 Å². The Morgan fingerprint density at radius 1 is 0.800 bits per heavy atom. The van der Waals surface area contributed by atoms with Crippen molar-refractivity contribution in [3.05, 3.63) is 0 Å². The van der Waals surface area contributed by atoms with Gasteiger partial charge in [0.25, 0.3) is 0 Å². The first-order valence-corrected chi connectivity index (χ1v) is 3.79. The predicted octanol–water partition coefficient (Wildman–Crippen LogP) is 2.63. The molecular weight excluding hydrogens is 239 g/mol. The molecule has 0 saturated heterocycles. The smallest absolute Gasteiger partial charge is 0.0443 e. The van der Waals surface area contributed by atoms with Gasteiger partial charge < -0.3 is 5.48 Å². The highest BCUT2D eigenvalue weighted by Gasteiger charge is 2.13. The fourth-order valence-corrected chi connectivity index (χ4v) is 1.43. The Bertz CT molecular complexity index is 57.7. The van der Waals surface area contributed by atoms with Crippen molar-refractivity contribution in [3.63, 3.8) is 0 Å². The zero-order valence-corrected chi connectivity index (χ0v) is 9.22. The van der Waals surface area contributed by atoms with Crippen LogP contribution in [0, 0.1) is 11.8 Å². The summed E-state index contributed by atoms with van der Waals surface area (Å²) in [4.78, 5) is 0. The topological polar surface area (TPSA) is 31.5 Å². The van der Waals surface area contributed by atoms with Crippen molar-refractivity contribution < 1.29 is 5.48 Å². The molecule has 2 N–H and O–H groups in total. The zero-order chi connectivity index (χ0) is 5.98. The third-order valence-electron chi connectivity index (χ3n) is 2.30. The Hall–Kier alpha value is 0.690. The molecule has 1 rings (SSSR count). The lowest BCUT2D eigenvalue weighted by atomic mass is 9.84. The molecule has 0 radical (unpaired) electrons. The monoisotopic (exact) mass is 258 g/mol. The minimum absolute atomic E-state index is 0. The minimum atomic E-state index is 0. The third kappa shape index (κ3) is 4.50. The molecule has 1 aliphatic carbocycles. The zero-order valence-electron chi connectivity index (χ0n) is 6.89. The van der Waals surface area contributed by atoms with Gasteiger partial charge in [0.05, 0.1) is 0 Å². The fourth-order valence-electron chi connectivity index (χ4n) is 1.43. The first-order chi connectivity index (χ1) is 3.79. The van der Waals surface area contributed by atoms with E-state index in [9.17, 15) is 0 Å². The summed E-state index contributed by atoms with van der Waals surface area (Å²) in [7, 11) is 0. The summed E-state index contributed by atoms with van der Waals surface area (Å²) in [6.45, 7) is 4.73. The summed E-state index contributed by atoms with van der Waals surface area (Å²) >= 11 is 0. The van der Waals surface area contributed by atoms with Crippen molar-refractivity contribution in [2.24, 2.45) is 11.8 Å². The average Bonchev–Trinajstić information content (AvgIpc) is 1.77. The van der Waals surface area contributed by atoms with Gasteiger partial charge >= 0.3 is 0 Å². The van der Waals surface area contributed by atoms with Gasteiger partial charge in [0.2, 0.25) is 0 Å². The standard InChI is InChI=1S/C8H16.HI.H2O/c1-7-3-5-8(2)6-4-7;;/h7-8H,3-6H2,1-2H3;1H;1H2. The molecule has 0 aliphatic heterocycles. The molecule has 1 nitrogen and oxygen atoms in total. The van der Waals surface area contributed by atoms with E-state index in [-0.39, 0.29) is 29.5 Å². The van der Waals surface area contributed by atoms with Gasteiger partial charge in [0.1, 0.15) is 0 Å². The Kier molecular flexibility index (Phi) is 8.51. The third-order valence-corrected chi connectivity index (χ3v) is 2.30. The summed E-state index contributed by atoms with van der Waals surface area (Å²) in [5, 5.41) is 0. The second-order valence-electron chi connectivity index (χ2n) is 3.37. The molecule has 0 amide bonds. The molecule has 0 atom stereocenters. The Labute approximate surface area is 80.9 Å². The Balaban J connectivity index is 0. The molecule has 0 bridgehead atoms. The van der Waals surface area contributed by atoms with Crippen LogP contribution in [0.2, 0.25) is 0 Å². The van der Waals surface area contributed by atoms with Gasteiger partial charge in [-0.05, 0) is 11.8 Å². The van der Waals surface area contributed by atoms with Gasteiger partial charge in [-0.2, -0.15) is 0 Å². The van der Waals surface area contributed by atoms with Crippen molar-refractivity contribution in [2.75, 3.05) is 0 Å². The first-order valence-electron chi connectivity index (χ1n) is 3.79. The van der Waals surface area contributed by atoms with Crippen LogP contribution >= 0.6 is 24.0 Å². The first kappa shape index (κ1) is 13.3. The van der Waals surface area contributed by atoms with Crippen molar-refractivity contribution >= 4 is 24.0 Å². The maximum Gasteiger partial charge on any atom is -0.0443 e. The highest BCUT2D eigenvalue weighted by molar-refractivity contribution is 14.0. The van der Waals surface area contributed by atoms with Crippen molar-refractivity contribution in [1.82, 2.24) is 0 Å².